The number of para-hydroxylation sites is 1. The molecule has 1 fully saturated rings. The number of nitrogens with one attached hydrogen (secondary N) is 1. The normalized spacial score (nSPS) is 15.4. The van der Waals surface area contributed by atoms with Crippen molar-refractivity contribution >= 4 is 45.9 Å². The number of piperidine rings is 1. The Balaban J connectivity index is 0.00000169. The summed E-state index contributed by atoms with van der Waals surface area (Å²) in [7, 11) is 0. The van der Waals surface area contributed by atoms with Gasteiger partial charge in [-0.1, -0.05) is 30.3 Å². The Kier molecular flexibility index (Phi) is 5.85. The minimum absolute atomic E-state index is 0. The monoisotopic (exact) mass is 452 g/mol. The van der Waals surface area contributed by atoms with Gasteiger partial charge < -0.3 is 9.88 Å². The molecule has 0 saturated carbocycles. The summed E-state index contributed by atoms with van der Waals surface area (Å²) >= 11 is 2.36. The van der Waals surface area contributed by atoms with Gasteiger partial charge in [-0.2, -0.15) is 0 Å². The molecule has 0 radical (unpaired) electrons. The van der Waals surface area contributed by atoms with Crippen LogP contribution in [0.3, 0.4) is 0 Å². The van der Waals surface area contributed by atoms with Crippen molar-refractivity contribution in [1.29, 1.82) is 0 Å². The smallest absolute Gasteiger partial charge is 0.0486 e. The van der Waals surface area contributed by atoms with Crippen molar-refractivity contribution in [2.45, 2.75) is 25.3 Å². The summed E-state index contributed by atoms with van der Waals surface area (Å²) in [4.78, 5) is 0. The zero-order valence-electron chi connectivity index (χ0n) is 13.5. The second-order valence-electron chi connectivity index (χ2n) is 6.38. The predicted molar refractivity (Wildman–Crippen MR) is 112 cm³/mol. The van der Waals surface area contributed by atoms with Gasteiger partial charge in [0, 0.05) is 27.2 Å². The maximum absolute atomic E-state index is 3.48. The molecule has 4 rings (SSSR count). The van der Waals surface area contributed by atoms with Crippen LogP contribution in [-0.2, 0) is 6.54 Å². The van der Waals surface area contributed by atoms with Gasteiger partial charge in [0.1, 0.15) is 0 Å². The predicted octanol–water partition coefficient (Wildman–Crippen LogP) is 5.18. The molecule has 2 heterocycles. The minimum Gasteiger partial charge on any atom is -0.343 e. The van der Waals surface area contributed by atoms with E-state index in [0.717, 1.165) is 19.6 Å². The molecule has 126 valence electrons. The van der Waals surface area contributed by atoms with Crippen molar-refractivity contribution < 1.29 is 0 Å². The zero-order chi connectivity index (χ0) is 15.6. The van der Waals surface area contributed by atoms with Gasteiger partial charge in [0.2, 0.25) is 0 Å². The van der Waals surface area contributed by atoms with E-state index in [4.69, 9.17) is 0 Å². The van der Waals surface area contributed by atoms with E-state index >= 15 is 0 Å². The van der Waals surface area contributed by atoms with Gasteiger partial charge in [0.05, 0.1) is 0 Å². The zero-order valence-corrected chi connectivity index (χ0v) is 16.5. The second-order valence-corrected chi connectivity index (χ2v) is 7.63. The summed E-state index contributed by atoms with van der Waals surface area (Å²) in [5, 5.41) is 4.91. The molecule has 1 saturated heterocycles. The van der Waals surface area contributed by atoms with Crippen molar-refractivity contribution in [2.24, 2.45) is 0 Å². The Hall–Kier alpha value is -1.04. The van der Waals surface area contributed by atoms with Crippen LogP contribution in [0.25, 0.3) is 10.9 Å². The van der Waals surface area contributed by atoms with Crippen LogP contribution in [0.15, 0.2) is 54.7 Å². The highest BCUT2D eigenvalue weighted by Crippen LogP contribution is 2.33. The van der Waals surface area contributed by atoms with Crippen LogP contribution in [-0.4, -0.2) is 17.7 Å². The Labute approximate surface area is 163 Å². The summed E-state index contributed by atoms with van der Waals surface area (Å²) in [6.07, 6.45) is 4.90. The first kappa shape index (κ1) is 17.8. The molecule has 4 heteroatoms. The Morgan fingerprint density at radius 1 is 1.00 bits per heavy atom. The van der Waals surface area contributed by atoms with E-state index in [-0.39, 0.29) is 12.4 Å². The standard InChI is InChI=1S/C20H21IN2.ClH/c21-17-7-5-15(6-8-17)13-23-14-19(16-9-11-22-12-10-16)18-3-1-2-4-20(18)23;/h1-8,14,16,22H,9-13H2;1H. The van der Waals surface area contributed by atoms with Crippen molar-refractivity contribution in [3.05, 3.63) is 69.4 Å². The Morgan fingerprint density at radius 2 is 1.71 bits per heavy atom. The van der Waals surface area contributed by atoms with Gasteiger partial charge in [0.15, 0.2) is 0 Å². The summed E-state index contributed by atoms with van der Waals surface area (Å²) < 4.78 is 3.72. The quantitative estimate of drug-likeness (QED) is 0.542. The second kappa shape index (κ2) is 7.89. The molecule has 1 N–H and O–H groups in total. The van der Waals surface area contributed by atoms with E-state index in [1.54, 1.807) is 0 Å². The van der Waals surface area contributed by atoms with Gasteiger partial charge in [-0.25, -0.2) is 0 Å². The number of fused-ring (bicyclic) bond motifs is 1. The van der Waals surface area contributed by atoms with Crippen LogP contribution in [0, 0.1) is 3.57 Å². The molecular weight excluding hydrogens is 431 g/mol. The molecule has 2 nitrogen and oxygen atoms in total. The molecule has 1 aliphatic rings. The fraction of sp³-hybridized carbons (Fsp3) is 0.300. The van der Waals surface area contributed by atoms with Gasteiger partial charge in [-0.3, -0.25) is 0 Å². The fourth-order valence-corrected chi connectivity index (χ4v) is 4.01. The van der Waals surface area contributed by atoms with Crippen LogP contribution < -0.4 is 5.32 Å². The van der Waals surface area contributed by atoms with Crippen LogP contribution in [0.1, 0.15) is 29.9 Å². The van der Waals surface area contributed by atoms with Gasteiger partial charge in [0.25, 0.3) is 0 Å². The van der Waals surface area contributed by atoms with Crippen LogP contribution in [0.5, 0.6) is 0 Å². The lowest BCUT2D eigenvalue weighted by Gasteiger charge is -2.22. The number of nitrogens with zero attached hydrogens (tertiary/aromatic N) is 1. The van der Waals surface area contributed by atoms with Crippen molar-refractivity contribution in [2.75, 3.05) is 13.1 Å². The molecule has 3 aromatic rings. The van der Waals surface area contributed by atoms with Crippen LogP contribution in [0.4, 0.5) is 0 Å². The number of hydrogen-bond donors (Lipinski definition) is 1. The maximum atomic E-state index is 3.48. The third-order valence-electron chi connectivity index (χ3n) is 4.86. The van der Waals surface area contributed by atoms with Gasteiger partial charge >= 0.3 is 0 Å². The molecule has 1 aromatic heterocycles. The number of rotatable bonds is 3. The molecule has 1 aliphatic heterocycles. The van der Waals surface area contributed by atoms with Crippen LogP contribution >= 0.6 is 35.0 Å². The summed E-state index contributed by atoms with van der Waals surface area (Å²) in [5.41, 5.74) is 4.26. The number of halogens is 2. The number of hydrogen-bond acceptors (Lipinski definition) is 1. The van der Waals surface area contributed by atoms with E-state index in [1.807, 2.05) is 0 Å². The SMILES string of the molecule is Cl.Ic1ccc(Cn2cc(C3CCNCC3)c3ccccc32)cc1. The first-order valence-electron chi connectivity index (χ1n) is 8.34. The van der Waals surface area contributed by atoms with E-state index in [2.05, 4.69) is 87.2 Å². The molecule has 24 heavy (non-hydrogen) atoms. The molecule has 2 aromatic carbocycles. The van der Waals surface area contributed by atoms with Crippen molar-refractivity contribution in [1.82, 2.24) is 9.88 Å². The molecule has 0 aliphatic carbocycles. The average molecular weight is 453 g/mol. The third-order valence-corrected chi connectivity index (χ3v) is 5.58. The summed E-state index contributed by atoms with van der Waals surface area (Å²) in [6, 6.07) is 17.7. The molecule has 0 atom stereocenters. The van der Waals surface area contributed by atoms with Gasteiger partial charge in [-0.05, 0) is 83.8 Å². The molecule has 0 unspecified atom stereocenters. The van der Waals surface area contributed by atoms with E-state index in [9.17, 15) is 0 Å². The molecular formula is C20H22ClIN2. The lowest BCUT2D eigenvalue weighted by atomic mass is 9.90. The highest BCUT2D eigenvalue weighted by molar-refractivity contribution is 14.1. The molecule has 0 amide bonds. The van der Waals surface area contributed by atoms with Gasteiger partial charge in [-0.15, -0.1) is 12.4 Å². The Bertz CT molecular complexity index is 804. The largest absolute Gasteiger partial charge is 0.343 e. The lowest BCUT2D eigenvalue weighted by molar-refractivity contribution is 0.461. The summed E-state index contributed by atoms with van der Waals surface area (Å²) in [6.45, 7) is 3.23. The maximum Gasteiger partial charge on any atom is 0.0486 e. The number of benzene rings is 2. The molecule has 0 bridgehead atoms. The first-order valence-corrected chi connectivity index (χ1v) is 9.42. The minimum atomic E-state index is 0. The fourth-order valence-electron chi connectivity index (χ4n) is 3.65. The van der Waals surface area contributed by atoms with Crippen molar-refractivity contribution in [3.8, 4) is 0 Å². The molecule has 0 spiro atoms. The third kappa shape index (κ3) is 3.63. The topological polar surface area (TPSA) is 17.0 Å². The average Bonchev–Trinajstić information content (AvgIpc) is 2.97. The first-order chi connectivity index (χ1) is 11.3. The number of aromatic nitrogens is 1. The lowest BCUT2D eigenvalue weighted by Crippen LogP contribution is -2.26. The summed E-state index contributed by atoms with van der Waals surface area (Å²) in [5.74, 6) is 0.694. The Morgan fingerprint density at radius 3 is 2.46 bits per heavy atom. The van der Waals surface area contributed by atoms with E-state index in [1.165, 1.54) is 38.4 Å². The highest BCUT2D eigenvalue weighted by atomic mass is 127. The van der Waals surface area contributed by atoms with Crippen LogP contribution in [0.2, 0.25) is 0 Å². The van der Waals surface area contributed by atoms with E-state index < -0.39 is 0 Å². The van der Waals surface area contributed by atoms with E-state index in [0.29, 0.717) is 5.92 Å². The highest BCUT2D eigenvalue weighted by Gasteiger charge is 2.19. The van der Waals surface area contributed by atoms with Crippen molar-refractivity contribution in [3.63, 3.8) is 0 Å².